The van der Waals surface area contributed by atoms with Crippen LogP contribution < -0.4 is 5.32 Å². The zero-order valence-corrected chi connectivity index (χ0v) is 19.1. The molecule has 1 N–H and O–H groups in total. The van der Waals surface area contributed by atoms with E-state index in [0.717, 1.165) is 53.9 Å². The van der Waals surface area contributed by atoms with Crippen molar-refractivity contribution in [2.24, 2.45) is 0 Å². The minimum Gasteiger partial charge on any atom is -0.465 e. The molecule has 1 amide bonds. The first kappa shape index (κ1) is 21.5. The van der Waals surface area contributed by atoms with Crippen LogP contribution in [0.1, 0.15) is 52.9 Å². The summed E-state index contributed by atoms with van der Waals surface area (Å²) in [5, 5.41) is 5.05. The third kappa shape index (κ3) is 3.93. The average molecular weight is 469 g/mol. The predicted molar refractivity (Wildman–Crippen MR) is 117 cm³/mol. The number of thiophene rings is 2. The van der Waals surface area contributed by atoms with Crippen LogP contribution in [-0.4, -0.2) is 44.3 Å². The fraction of sp³-hybridized carbons (Fsp3) is 0.500. The lowest BCUT2D eigenvalue weighted by molar-refractivity contribution is -0.119. The highest BCUT2D eigenvalue weighted by atomic mass is 32.2. The number of fused-ring (bicyclic) bond motifs is 1. The molecule has 1 unspecified atom stereocenters. The van der Waals surface area contributed by atoms with Crippen molar-refractivity contribution in [1.82, 2.24) is 4.31 Å². The minimum atomic E-state index is -3.72. The standard InChI is InChI=1S/C20H24N2O5S3/c1-27-20(24)17-13-7-3-2-4-9-15(13)29-19(17)21-18(23)14-8-5-11-22(14)30(25,26)16-10-6-12-28-16/h6,10,12,14H,2-5,7-9,11H2,1H3,(H,21,23). The molecule has 1 fully saturated rings. The largest absolute Gasteiger partial charge is 0.465 e. The van der Waals surface area contributed by atoms with Crippen molar-refractivity contribution in [3.63, 3.8) is 0 Å². The lowest BCUT2D eigenvalue weighted by atomic mass is 10.1. The van der Waals surface area contributed by atoms with Gasteiger partial charge >= 0.3 is 5.97 Å². The molecule has 1 saturated heterocycles. The van der Waals surface area contributed by atoms with Gasteiger partial charge in [0.25, 0.3) is 10.0 Å². The molecular formula is C20H24N2O5S3. The first-order valence-electron chi connectivity index (χ1n) is 10.0. The van der Waals surface area contributed by atoms with Crippen molar-refractivity contribution in [2.45, 2.75) is 55.2 Å². The summed E-state index contributed by atoms with van der Waals surface area (Å²) in [5.74, 6) is -0.853. The molecule has 1 atom stereocenters. The summed E-state index contributed by atoms with van der Waals surface area (Å²) >= 11 is 2.56. The van der Waals surface area contributed by atoms with E-state index in [0.29, 0.717) is 30.0 Å². The summed E-state index contributed by atoms with van der Waals surface area (Å²) in [4.78, 5) is 26.7. The van der Waals surface area contributed by atoms with Crippen molar-refractivity contribution in [1.29, 1.82) is 0 Å². The average Bonchev–Trinajstić information content (AvgIpc) is 3.46. The van der Waals surface area contributed by atoms with Gasteiger partial charge in [0.2, 0.25) is 5.91 Å². The van der Waals surface area contributed by atoms with Crippen molar-refractivity contribution in [2.75, 3.05) is 19.0 Å². The van der Waals surface area contributed by atoms with Crippen LogP contribution in [0.3, 0.4) is 0 Å². The topological polar surface area (TPSA) is 92.8 Å². The van der Waals surface area contributed by atoms with Crippen LogP contribution in [0, 0.1) is 0 Å². The van der Waals surface area contributed by atoms with Gasteiger partial charge in [0.15, 0.2) is 0 Å². The van der Waals surface area contributed by atoms with Crippen LogP contribution >= 0.6 is 22.7 Å². The van der Waals surface area contributed by atoms with Gasteiger partial charge in [-0.25, -0.2) is 13.2 Å². The number of aryl methyl sites for hydroxylation is 1. The van der Waals surface area contributed by atoms with Gasteiger partial charge in [0.05, 0.1) is 12.7 Å². The van der Waals surface area contributed by atoms with Gasteiger partial charge in [-0.15, -0.1) is 22.7 Å². The Labute approximate surface area is 184 Å². The smallest absolute Gasteiger partial charge is 0.341 e. The van der Waals surface area contributed by atoms with Gasteiger partial charge in [0, 0.05) is 11.4 Å². The number of hydrogen-bond donors (Lipinski definition) is 1. The third-order valence-electron chi connectivity index (χ3n) is 5.61. The molecule has 0 saturated carbocycles. The molecular weight excluding hydrogens is 444 g/mol. The number of rotatable bonds is 5. The number of carbonyl (C=O) groups is 2. The maximum Gasteiger partial charge on any atom is 0.341 e. The van der Waals surface area contributed by atoms with Crippen LogP contribution in [-0.2, 0) is 32.4 Å². The number of sulfonamides is 1. The van der Waals surface area contributed by atoms with Crippen LogP contribution in [0.15, 0.2) is 21.7 Å². The number of hydrogen-bond acceptors (Lipinski definition) is 7. The van der Waals surface area contributed by atoms with Gasteiger partial charge < -0.3 is 10.1 Å². The van der Waals surface area contributed by atoms with E-state index in [1.165, 1.54) is 22.8 Å². The maximum atomic E-state index is 13.1. The molecule has 0 radical (unpaired) electrons. The van der Waals surface area contributed by atoms with Crippen molar-refractivity contribution in [3.05, 3.63) is 33.5 Å². The monoisotopic (exact) mass is 468 g/mol. The Bertz CT molecular complexity index is 1040. The van der Waals surface area contributed by atoms with E-state index in [1.807, 2.05) is 0 Å². The van der Waals surface area contributed by atoms with Gasteiger partial charge in [0.1, 0.15) is 15.3 Å². The summed E-state index contributed by atoms with van der Waals surface area (Å²) < 4.78 is 32.4. The highest BCUT2D eigenvalue weighted by Gasteiger charge is 2.40. The molecule has 0 aromatic carbocycles. The summed E-state index contributed by atoms with van der Waals surface area (Å²) in [7, 11) is -2.38. The van der Waals surface area contributed by atoms with Gasteiger partial charge in [-0.3, -0.25) is 4.79 Å². The third-order valence-corrected chi connectivity index (χ3v) is 10.1. The molecule has 162 valence electrons. The Hall–Kier alpha value is -1.75. The number of amides is 1. The maximum absolute atomic E-state index is 13.1. The predicted octanol–water partition coefficient (Wildman–Crippen LogP) is 3.66. The van der Waals surface area contributed by atoms with Crippen LogP contribution in [0.4, 0.5) is 5.00 Å². The van der Waals surface area contributed by atoms with Crippen LogP contribution in [0.2, 0.25) is 0 Å². The number of nitrogens with zero attached hydrogens (tertiary/aromatic N) is 1. The summed E-state index contributed by atoms with van der Waals surface area (Å²) in [6, 6.07) is 2.45. The van der Waals surface area contributed by atoms with E-state index < -0.39 is 27.9 Å². The van der Waals surface area contributed by atoms with E-state index in [-0.39, 0.29) is 4.21 Å². The zero-order valence-electron chi connectivity index (χ0n) is 16.7. The second-order valence-corrected chi connectivity index (χ2v) is 11.6. The molecule has 2 aliphatic rings. The molecule has 3 heterocycles. The van der Waals surface area contributed by atoms with Crippen LogP contribution in [0.25, 0.3) is 0 Å². The summed E-state index contributed by atoms with van der Waals surface area (Å²) in [5.41, 5.74) is 1.40. The molecule has 2 aromatic heterocycles. The lowest BCUT2D eigenvalue weighted by Gasteiger charge is -2.22. The van der Waals surface area contributed by atoms with Gasteiger partial charge in [-0.2, -0.15) is 4.31 Å². The Kier molecular flexibility index (Phi) is 6.29. The molecule has 7 nitrogen and oxygen atoms in total. The molecule has 2 aromatic rings. The fourth-order valence-corrected chi connectivity index (χ4v) is 8.22. The molecule has 4 rings (SSSR count). The molecule has 1 aliphatic carbocycles. The van der Waals surface area contributed by atoms with Gasteiger partial charge in [-0.1, -0.05) is 12.5 Å². The van der Waals surface area contributed by atoms with Crippen LogP contribution in [0.5, 0.6) is 0 Å². The number of anilines is 1. The Morgan fingerprint density at radius 1 is 1.20 bits per heavy atom. The Morgan fingerprint density at radius 3 is 2.73 bits per heavy atom. The highest BCUT2D eigenvalue weighted by molar-refractivity contribution is 7.91. The Morgan fingerprint density at radius 2 is 2.00 bits per heavy atom. The second kappa shape index (κ2) is 8.78. The van der Waals surface area contributed by atoms with Crippen molar-refractivity contribution >= 4 is 49.6 Å². The van der Waals surface area contributed by atoms with E-state index in [2.05, 4.69) is 5.32 Å². The number of nitrogens with one attached hydrogen (secondary N) is 1. The van der Waals surface area contributed by atoms with Crippen molar-refractivity contribution < 1.29 is 22.7 Å². The van der Waals surface area contributed by atoms with E-state index in [4.69, 9.17) is 4.74 Å². The summed E-state index contributed by atoms with van der Waals surface area (Å²) in [6.07, 6.45) is 5.90. The molecule has 1 aliphatic heterocycles. The van der Waals surface area contributed by atoms with Gasteiger partial charge in [-0.05, 0) is 55.5 Å². The molecule has 0 spiro atoms. The van der Waals surface area contributed by atoms with Crippen molar-refractivity contribution in [3.8, 4) is 0 Å². The second-order valence-electron chi connectivity index (χ2n) is 7.46. The lowest BCUT2D eigenvalue weighted by Crippen LogP contribution is -2.42. The molecule has 0 bridgehead atoms. The number of esters is 1. The minimum absolute atomic E-state index is 0.236. The first-order valence-corrected chi connectivity index (χ1v) is 13.2. The quantitative estimate of drug-likeness (QED) is 0.534. The highest BCUT2D eigenvalue weighted by Crippen LogP contribution is 2.38. The fourth-order valence-electron chi connectivity index (χ4n) is 4.16. The number of ether oxygens (including phenoxy) is 1. The van der Waals surface area contributed by atoms with E-state index >= 15 is 0 Å². The Balaban J connectivity index is 1.61. The van der Waals surface area contributed by atoms with E-state index in [9.17, 15) is 18.0 Å². The number of carbonyl (C=O) groups excluding carboxylic acids is 2. The zero-order chi connectivity index (χ0) is 21.3. The SMILES string of the molecule is COC(=O)c1c(NC(=O)C2CCCN2S(=O)(=O)c2cccs2)sc2c1CCCCC2. The first-order chi connectivity index (χ1) is 14.4. The number of methoxy groups -OCH3 is 1. The molecule has 10 heteroatoms. The molecule has 30 heavy (non-hydrogen) atoms. The normalized spacial score (nSPS) is 19.8. The van der Waals surface area contributed by atoms with E-state index in [1.54, 1.807) is 17.5 Å². The summed E-state index contributed by atoms with van der Waals surface area (Å²) in [6.45, 7) is 0.309.